The largest absolute Gasteiger partial charge is 0.399 e. The molecule has 2 N–H and O–H groups in total. The maximum Gasteiger partial charge on any atom is 0.148 e. The van der Waals surface area contributed by atoms with Crippen LogP contribution in [0.2, 0.25) is 0 Å². The van der Waals surface area contributed by atoms with Crippen molar-refractivity contribution >= 4 is 22.0 Å². The van der Waals surface area contributed by atoms with E-state index >= 15 is 0 Å². The molecular weight excluding hydrogens is 308 g/mol. The van der Waals surface area contributed by atoms with Crippen LogP contribution in [0.25, 0.3) is 27.5 Å². The molecule has 0 bridgehead atoms. The number of hydrogen-bond acceptors (Lipinski definition) is 4. The molecule has 3 aromatic carbocycles. The third-order valence-corrected chi connectivity index (χ3v) is 3.96. The molecule has 0 amide bonds. The van der Waals surface area contributed by atoms with Gasteiger partial charge >= 0.3 is 0 Å². The van der Waals surface area contributed by atoms with Crippen LogP contribution in [-0.2, 0) is 0 Å². The second-order valence-electron chi connectivity index (χ2n) is 5.48. The summed E-state index contributed by atoms with van der Waals surface area (Å²) < 4.78 is 0. The van der Waals surface area contributed by atoms with E-state index in [4.69, 9.17) is 16.3 Å². The summed E-state index contributed by atoms with van der Waals surface area (Å²) in [6.07, 6.45) is 0. The summed E-state index contributed by atoms with van der Waals surface area (Å²) in [5.41, 5.74) is 9.04. The Labute approximate surface area is 145 Å². The smallest absolute Gasteiger partial charge is 0.148 e. The van der Waals surface area contributed by atoms with Gasteiger partial charge in [0.25, 0.3) is 0 Å². The predicted molar refractivity (Wildman–Crippen MR) is 97.6 cm³/mol. The number of nitrogens with two attached hydrogens (primary N) is 1. The number of nitriles is 3. The first-order chi connectivity index (χ1) is 12.2. The normalized spacial score (nSPS) is 9.64. The molecule has 0 aromatic heterocycles. The van der Waals surface area contributed by atoms with E-state index in [-0.39, 0.29) is 11.1 Å². The lowest BCUT2D eigenvalue weighted by Crippen LogP contribution is -1.88. The topological polar surface area (TPSA) is 97.4 Å². The molecule has 0 saturated heterocycles. The van der Waals surface area contributed by atoms with E-state index in [0.29, 0.717) is 5.56 Å². The quantitative estimate of drug-likeness (QED) is 0.558. The van der Waals surface area contributed by atoms with Gasteiger partial charge in [0.15, 0.2) is 0 Å². The minimum absolute atomic E-state index is 0.0921. The van der Waals surface area contributed by atoms with Crippen LogP contribution in [0.3, 0.4) is 0 Å². The van der Waals surface area contributed by atoms with Gasteiger partial charge < -0.3 is 5.73 Å². The molecular formula is C21H12N4. The molecule has 0 aliphatic heterocycles. The number of rotatable bonds is 2. The Morgan fingerprint density at radius 1 is 0.680 bits per heavy atom. The highest BCUT2D eigenvalue weighted by atomic mass is 14.5. The molecule has 0 heterocycles. The Morgan fingerprint density at radius 2 is 1.28 bits per heavy atom. The summed E-state index contributed by atoms with van der Waals surface area (Å²) >= 11 is 0. The Balaban J connectivity index is 2.10. The highest BCUT2D eigenvalue weighted by Crippen LogP contribution is 2.28. The maximum atomic E-state index is 9.28. The lowest BCUT2D eigenvalue weighted by atomic mass is 9.96. The van der Waals surface area contributed by atoms with Crippen LogP contribution in [0.4, 0.5) is 5.69 Å². The number of benzene rings is 3. The van der Waals surface area contributed by atoms with Crippen LogP contribution in [0.1, 0.15) is 5.56 Å². The third-order valence-electron chi connectivity index (χ3n) is 3.96. The third kappa shape index (κ3) is 3.04. The molecule has 0 radical (unpaired) electrons. The van der Waals surface area contributed by atoms with Crippen molar-refractivity contribution in [2.75, 3.05) is 5.73 Å². The lowest BCUT2D eigenvalue weighted by Gasteiger charge is -2.07. The summed E-state index contributed by atoms with van der Waals surface area (Å²) in [7, 11) is 0. The van der Waals surface area contributed by atoms with Gasteiger partial charge in [-0.1, -0.05) is 36.4 Å². The minimum Gasteiger partial charge on any atom is -0.399 e. The van der Waals surface area contributed by atoms with Gasteiger partial charge in [-0.3, -0.25) is 0 Å². The first-order valence-corrected chi connectivity index (χ1v) is 7.51. The van der Waals surface area contributed by atoms with E-state index in [2.05, 4.69) is 6.07 Å². The van der Waals surface area contributed by atoms with Crippen LogP contribution in [0.5, 0.6) is 0 Å². The molecule has 0 spiro atoms. The molecule has 0 unspecified atom stereocenters. The van der Waals surface area contributed by atoms with E-state index in [1.807, 2.05) is 54.6 Å². The fourth-order valence-corrected chi connectivity index (χ4v) is 2.66. The molecule has 4 nitrogen and oxygen atoms in total. The zero-order valence-electron chi connectivity index (χ0n) is 13.2. The summed E-state index contributed by atoms with van der Waals surface area (Å²) in [5, 5.41) is 29.2. The maximum absolute atomic E-state index is 9.28. The van der Waals surface area contributed by atoms with Crippen molar-refractivity contribution in [3.05, 3.63) is 71.8 Å². The Hall–Kier alpha value is -4.07. The molecule has 3 aromatic rings. The first kappa shape index (κ1) is 15.8. The van der Waals surface area contributed by atoms with Crippen LogP contribution in [-0.4, -0.2) is 0 Å². The molecule has 3 rings (SSSR count). The summed E-state index contributed by atoms with van der Waals surface area (Å²) in [6.45, 7) is 0. The van der Waals surface area contributed by atoms with E-state index in [1.165, 1.54) is 0 Å². The fourth-order valence-electron chi connectivity index (χ4n) is 2.66. The van der Waals surface area contributed by atoms with Gasteiger partial charge in [0, 0.05) is 5.69 Å². The van der Waals surface area contributed by atoms with E-state index in [0.717, 1.165) is 27.6 Å². The fraction of sp³-hybridized carbons (Fsp3) is 0. The molecule has 0 aliphatic carbocycles. The second-order valence-corrected chi connectivity index (χ2v) is 5.48. The van der Waals surface area contributed by atoms with Crippen LogP contribution >= 0.6 is 0 Å². The zero-order valence-corrected chi connectivity index (χ0v) is 13.2. The first-order valence-electron chi connectivity index (χ1n) is 7.51. The molecule has 0 fully saturated rings. The monoisotopic (exact) mass is 320 g/mol. The van der Waals surface area contributed by atoms with Gasteiger partial charge in [0.1, 0.15) is 23.8 Å². The molecule has 0 atom stereocenters. The second kappa shape index (κ2) is 6.59. The van der Waals surface area contributed by atoms with Crippen LogP contribution < -0.4 is 5.73 Å². The van der Waals surface area contributed by atoms with Gasteiger partial charge in [-0.15, -0.1) is 0 Å². The number of fused-ring (bicyclic) bond motifs is 1. The highest BCUT2D eigenvalue weighted by molar-refractivity contribution is 5.93. The van der Waals surface area contributed by atoms with E-state index in [1.54, 1.807) is 18.2 Å². The Morgan fingerprint density at radius 3 is 1.92 bits per heavy atom. The number of hydrogen-bond donors (Lipinski definition) is 1. The van der Waals surface area contributed by atoms with Crippen molar-refractivity contribution in [1.29, 1.82) is 15.8 Å². The number of nitrogen functional groups attached to an aromatic ring is 1. The number of nitrogens with zero attached hydrogens (tertiary/aromatic N) is 3. The average Bonchev–Trinajstić information content (AvgIpc) is 2.66. The van der Waals surface area contributed by atoms with E-state index in [9.17, 15) is 5.26 Å². The standard InChI is InChI=1S/C21H12N4/c22-11-19(12-23)21(13-24)18-4-3-16-9-15(1-2-17(16)10-18)14-5-7-20(25)8-6-14/h1-10H,25H2. The summed E-state index contributed by atoms with van der Waals surface area (Å²) in [4.78, 5) is 0. The van der Waals surface area contributed by atoms with Crippen molar-refractivity contribution in [3.63, 3.8) is 0 Å². The highest BCUT2D eigenvalue weighted by Gasteiger charge is 2.09. The van der Waals surface area contributed by atoms with E-state index < -0.39 is 0 Å². The van der Waals surface area contributed by atoms with Gasteiger partial charge in [-0.2, -0.15) is 15.8 Å². The van der Waals surface area contributed by atoms with Gasteiger partial charge in [0.2, 0.25) is 0 Å². The summed E-state index contributed by atoms with van der Waals surface area (Å²) in [5.74, 6) is 0. The molecule has 116 valence electrons. The predicted octanol–water partition coefficient (Wildman–Crippen LogP) is 4.41. The Kier molecular flexibility index (Phi) is 4.17. The number of anilines is 1. The van der Waals surface area contributed by atoms with Crippen molar-refractivity contribution in [2.45, 2.75) is 0 Å². The van der Waals surface area contributed by atoms with Gasteiger partial charge in [-0.05, 0) is 51.7 Å². The minimum atomic E-state index is -0.180. The van der Waals surface area contributed by atoms with Crippen molar-refractivity contribution in [3.8, 4) is 29.3 Å². The van der Waals surface area contributed by atoms with Crippen molar-refractivity contribution < 1.29 is 0 Å². The molecule has 4 heteroatoms. The van der Waals surface area contributed by atoms with Crippen molar-refractivity contribution in [2.24, 2.45) is 0 Å². The number of allylic oxidation sites excluding steroid dienone is 2. The SMILES string of the molecule is N#CC(C#N)=C(C#N)c1ccc2cc(-c3ccc(N)cc3)ccc2c1. The van der Waals surface area contributed by atoms with Gasteiger partial charge in [0.05, 0.1) is 5.57 Å². The van der Waals surface area contributed by atoms with Crippen LogP contribution in [0, 0.1) is 34.0 Å². The van der Waals surface area contributed by atoms with Crippen LogP contribution in [0.15, 0.2) is 66.2 Å². The average molecular weight is 320 g/mol. The lowest BCUT2D eigenvalue weighted by molar-refractivity contribution is 1.45. The molecule has 25 heavy (non-hydrogen) atoms. The van der Waals surface area contributed by atoms with Gasteiger partial charge in [-0.25, -0.2) is 0 Å². The molecule has 0 saturated carbocycles. The van der Waals surface area contributed by atoms with Crippen molar-refractivity contribution in [1.82, 2.24) is 0 Å². The summed E-state index contributed by atoms with van der Waals surface area (Å²) in [6, 6.07) is 24.6. The molecule has 0 aliphatic rings. The Bertz CT molecular complexity index is 1100. The zero-order chi connectivity index (χ0) is 17.8.